The van der Waals surface area contributed by atoms with Crippen LogP contribution in [0, 0.1) is 0 Å². The summed E-state index contributed by atoms with van der Waals surface area (Å²) in [7, 11) is 0. The second-order valence-corrected chi connectivity index (χ2v) is 0.932. The van der Waals surface area contributed by atoms with E-state index in [0.29, 0.717) is 0 Å². The van der Waals surface area contributed by atoms with Crippen molar-refractivity contribution in [3.8, 4) is 5.95 Å². The van der Waals surface area contributed by atoms with Gasteiger partial charge in [0.2, 0.25) is 0 Å². The Hall–Kier alpha value is -0.570. The Bertz CT molecular complexity index is 113. The third kappa shape index (κ3) is 1.55. The lowest BCUT2D eigenvalue weighted by atomic mass is 10.7. The van der Waals surface area contributed by atoms with Crippen molar-refractivity contribution in [1.82, 2.24) is 0 Å². The fraction of sp³-hybridized carbons (Fsp3) is 0. The highest BCUT2D eigenvalue weighted by atomic mass is 32.1. The SMILES string of the molecule is S.[O]c1ccco1. The zero-order valence-electron chi connectivity index (χ0n) is 3.55. The largest absolute Gasteiger partial charge is 0.431 e. The highest BCUT2D eigenvalue weighted by molar-refractivity contribution is 7.59. The van der Waals surface area contributed by atoms with Crippen LogP contribution in [0.4, 0.5) is 0 Å². The van der Waals surface area contributed by atoms with E-state index in [-0.39, 0.29) is 19.4 Å². The Morgan fingerprint density at radius 3 is 2.43 bits per heavy atom. The van der Waals surface area contributed by atoms with Crippen LogP contribution in [0.3, 0.4) is 0 Å². The molecule has 0 fully saturated rings. The molecule has 0 aliphatic heterocycles. The van der Waals surface area contributed by atoms with Gasteiger partial charge in [-0.15, -0.1) is 0 Å². The molecule has 0 aliphatic rings. The first-order valence-electron chi connectivity index (χ1n) is 1.60. The van der Waals surface area contributed by atoms with Crippen molar-refractivity contribution in [1.29, 1.82) is 0 Å². The highest BCUT2D eigenvalue weighted by Gasteiger charge is 1.83. The summed E-state index contributed by atoms with van der Waals surface area (Å²) in [6.45, 7) is 0. The average molecular weight is 117 g/mol. The molecular weight excluding hydrogens is 112 g/mol. The van der Waals surface area contributed by atoms with Gasteiger partial charge in [0.15, 0.2) is 0 Å². The van der Waals surface area contributed by atoms with E-state index in [1.807, 2.05) is 0 Å². The van der Waals surface area contributed by atoms with Gasteiger partial charge in [-0.2, -0.15) is 13.5 Å². The molecule has 0 bridgehead atoms. The summed E-state index contributed by atoms with van der Waals surface area (Å²) in [6.07, 6.45) is 1.35. The van der Waals surface area contributed by atoms with Crippen molar-refractivity contribution in [2.45, 2.75) is 0 Å². The molecule has 1 aromatic rings. The van der Waals surface area contributed by atoms with Gasteiger partial charge in [-0.1, -0.05) is 0 Å². The first-order valence-corrected chi connectivity index (χ1v) is 1.60. The molecule has 0 saturated heterocycles. The van der Waals surface area contributed by atoms with Gasteiger partial charge in [-0.05, 0) is 6.07 Å². The van der Waals surface area contributed by atoms with E-state index in [0.717, 1.165) is 0 Å². The minimum atomic E-state index is -0.282. The smallest absolute Gasteiger partial charge is 0.335 e. The molecule has 0 unspecified atom stereocenters. The van der Waals surface area contributed by atoms with Crippen LogP contribution in [-0.2, 0) is 5.11 Å². The zero-order chi connectivity index (χ0) is 4.41. The van der Waals surface area contributed by atoms with Gasteiger partial charge in [0, 0.05) is 6.07 Å². The van der Waals surface area contributed by atoms with Crippen LogP contribution in [0.15, 0.2) is 22.8 Å². The lowest BCUT2D eigenvalue weighted by molar-refractivity contribution is 0.252. The molecular formula is C4H5O2S. The molecule has 0 amide bonds. The molecule has 7 heavy (non-hydrogen) atoms. The normalized spacial score (nSPS) is 7.43. The molecule has 0 aliphatic carbocycles. The first-order chi connectivity index (χ1) is 2.89. The van der Waals surface area contributed by atoms with E-state index in [1.165, 1.54) is 12.3 Å². The van der Waals surface area contributed by atoms with E-state index >= 15 is 0 Å². The molecule has 0 saturated carbocycles. The topological polar surface area (TPSA) is 33.0 Å². The second kappa shape index (κ2) is 2.58. The van der Waals surface area contributed by atoms with E-state index in [9.17, 15) is 5.11 Å². The number of rotatable bonds is 0. The first kappa shape index (κ1) is 6.43. The van der Waals surface area contributed by atoms with Gasteiger partial charge in [0.25, 0.3) is 0 Å². The van der Waals surface area contributed by atoms with Gasteiger partial charge >= 0.3 is 5.95 Å². The summed E-state index contributed by atoms with van der Waals surface area (Å²) >= 11 is 0. The predicted molar refractivity (Wildman–Crippen MR) is 29.2 cm³/mol. The van der Waals surface area contributed by atoms with E-state index in [1.54, 1.807) is 6.07 Å². The Morgan fingerprint density at radius 2 is 2.29 bits per heavy atom. The van der Waals surface area contributed by atoms with Crippen molar-refractivity contribution in [2.75, 3.05) is 0 Å². The molecule has 0 N–H and O–H groups in total. The van der Waals surface area contributed by atoms with Gasteiger partial charge in [0.1, 0.15) is 0 Å². The third-order valence-corrected chi connectivity index (χ3v) is 0.495. The molecule has 1 radical (unpaired) electrons. The lowest BCUT2D eigenvalue weighted by Gasteiger charge is -1.62. The average Bonchev–Trinajstić information content (AvgIpc) is 1.86. The molecule has 1 rings (SSSR count). The zero-order valence-corrected chi connectivity index (χ0v) is 4.55. The lowest BCUT2D eigenvalue weighted by Crippen LogP contribution is -1.35. The molecule has 3 heteroatoms. The van der Waals surface area contributed by atoms with Gasteiger partial charge in [0.05, 0.1) is 6.26 Å². The fourth-order valence-corrected chi connectivity index (χ4v) is 0.263. The van der Waals surface area contributed by atoms with Gasteiger partial charge < -0.3 is 4.42 Å². The molecule has 0 atom stereocenters. The predicted octanol–water partition coefficient (Wildman–Crippen LogP) is 1.54. The van der Waals surface area contributed by atoms with Crippen molar-refractivity contribution in [3.63, 3.8) is 0 Å². The molecule has 1 aromatic heterocycles. The quantitative estimate of drug-likeness (QED) is 0.507. The summed E-state index contributed by atoms with van der Waals surface area (Å²) in [5, 5.41) is 9.90. The van der Waals surface area contributed by atoms with Crippen LogP contribution >= 0.6 is 13.5 Å². The third-order valence-electron chi connectivity index (χ3n) is 0.495. The van der Waals surface area contributed by atoms with Crippen molar-refractivity contribution < 1.29 is 9.52 Å². The summed E-state index contributed by atoms with van der Waals surface area (Å²) in [5.41, 5.74) is 0. The Morgan fingerprint density at radius 1 is 1.57 bits per heavy atom. The Balaban J connectivity index is 0.000000360. The van der Waals surface area contributed by atoms with E-state index < -0.39 is 0 Å². The Kier molecular flexibility index (Phi) is 2.37. The van der Waals surface area contributed by atoms with Gasteiger partial charge in [-0.25, -0.2) is 5.11 Å². The second-order valence-electron chi connectivity index (χ2n) is 0.932. The Labute approximate surface area is 48.2 Å². The summed E-state index contributed by atoms with van der Waals surface area (Å²) in [5.74, 6) is -0.282. The minimum absolute atomic E-state index is 0. The molecule has 2 nitrogen and oxygen atoms in total. The molecule has 39 valence electrons. The maximum Gasteiger partial charge on any atom is 0.335 e. The maximum absolute atomic E-state index is 9.90. The summed E-state index contributed by atoms with van der Waals surface area (Å²) in [6, 6.07) is 2.92. The van der Waals surface area contributed by atoms with Crippen molar-refractivity contribution in [3.05, 3.63) is 18.4 Å². The van der Waals surface area contributed by atoms with Crippen molar-refractivity contribution in [2.24, 2.45) is 0 Å². The molecule has 0 spiro atoms. The van der Waals surface area contributed by atoms with Crippen LogP contribution in [0.1, 0.15) is 0 Å². The van der Waals surface area contributed by atoms with Crippen LogP contribution in [0.25, 0.3) is 0 Å². The highest BCUT2D eigenvalue weighted by Crippen LogP contribution is 2.05. The summed E-state index contributed by atoms with van der Waals surface area (Å²) in [4.78, 5) is 0. The van der Waals surface area contributed by atoms with Crippen molar-refractivity contribution >= 4 is 13.5 Å². The number of hydrogen-bond donors (Lipinski definition) is 0. The molecule has 0 aromatic carbocycles. The summed E-state index contributed by atoms with van der Waals surface area (Å²) < 4.78 is 4.28. The molecule has 1 heterocycles. The maximum atomic E-state index is 9.90. The van der Waals surface area contributed by atoms with Crippen LogP contribution in [-0.4, -0.2) is 0 Å². The van der Waals surface area contributed by atoms with Crippen LogP contribution < -0.4 is 0 Å². The number of hydrogen-bond acceptors (Lipinski definition) is 1. The van der Waals surface area contributed by atoms with Crippen LogP contribution in [0.2, 0.25) is 0 Å². The standard InChI is InChI=1S/C4H3O2.H2S/c5-4-2-1-3-6-4;/h1-3H;1H2. The monoisotopic (exact) mass is 117 g/mol. The van der Waals surface area contributed by atoms with E-state index in [4.69, 9.17) is 0 Å². The van der Waals surface area contributed by atoms with Crippen LogP contribution in [0.5, 0.6) is 5.95 Å². The minimum Gasteiger partial charge on any atom is -0.431 e. The fourth-order valence-electron chi connectivity index (χ4n) is 0.263. The van der Waals surface area contributed by atoms with E-state index in [2.05, 4.69) is 4.42 Å². The number of furan rings is 1. The van der Waals surface area contributed by atoms with Gasteiger partial charge in [-0.3, -0.25) is 0 Å².